The van der Waals surface area contributed by atoms with Gasteiger partial charge in [-0.25, -0.2) is 0 Å². The van der Waals surface area contributed by atoms with Gasteiger partial charge in [-0.15, -0.1) is 0 Å². The monoisotopic (exact) mass is 922 g/mol. The Morgan fingerprint density at radius 1 is 0.523 bits per heavy atom. The van der Waals surface area contributed by atoms with Crippen LogP contribution in [0.5, 0.6) is 0 Å². The maximum atomic E-state index is 13.1. The Labute approximate surface area is 400 Å². The standard InChI is InChI=1S/C56H107NO8/c1-3-5-7-9-11-13-15-17-19-21-23-24-25-26-28-29-31-33-35-37-39-41-43-45-50(59)49(48-64-56-55(63)54(62)53(61)51(47-58)65-56)57-52(60)46-44-42-40-38-36-34-32-30-27-22-20-18-16-14-12-10-8-6-4-2/h12,14,16,18,49-51,53-56,58-59,61-63H,3-11,13,15,17,19-48H2,1-2H3,(H,57,60)/b14-12-,18-16-. The Bertz CT molecular complexity index is 1070. The highest BCUT2D eigenvalue weighted by Gasteiger charge is 2.44. The molecule has 0 aliphatic carbocycles. The Morgan fingerprint density at radius 3 is 1.32 bits per heavy atom. The van der Waals surface area contributed by atoms with Crippen molar-refractivity contribution in [3.63, 3.8) is 0 Å². The zero-order chi connectivity index (χ0) is 47.3. The van der Waals surface area contributed by atoms with Crippen molar-refractivity contribution in [1.29, 1.82) is 0 Å². The zero-order valence-corrected chi connectivity index (χ0v) is 42.5. The van der Waals surface area contributed by atoms with Crippen LogP contribution in [0, 0.1) is 0 Å². The van der Waals surface area contributed by atoms with E-state index in [1.54, 1.807) is 0 Å². The second-order valence-corrected chi connectivity index (χ2v) is 19.8. The van der Waals surface area contributed by atoms with Gasteiger partial charge in [0.2, 0.25) is 5.91 Å². The van der Waals surface area contributed by atoms with Gasteiger partial charge in [-0.2, -0.15) is 0 Å². The van der Waals surface area contributed by atoms with Crippen molar-refractivity contribution in [3.05, 3.63) is 24.3 Å². The Balaban J connectivity index is 2.22. The number of rotatable bonds is 48. The number of hydrogen-bond donors (Lipinski definition) is 6. The molecule has 1 rings (SSSR count). The lowest BCUT2D eigenvalue weighted by atomic mass is 9.99. The van der Waals surface area contributed by atoms with Crippen molar-refractivity contribution in [2.75, 3.05) is 13.2 Å². The summed E-state index contributed by atoms with van der Waals surface area (Å²) in [5.74, 6) is -0.145. The second-order valence-electron chi connectivity index (χ2n) is 19.8. The molecule has 0 aromatic carbocycles. The molecule has 7 unspecified atom stereocenters. The van der Waals surface area contributed by atoms with Crippen LogP contribution in [0.2, 0.25) is 0 Å². The van der Waals surface area contributed by atoms with E-state index < -0.39 is 49.5 Å². The molecule has 1 aliphatic rings. The van der Waals surface area contributed by atoms with Crippen molar-refractivity contribution < 1.29 is 39.8 Å². The van der Waals surface area contributed by atoms with Gasteiger partial charge >= 0.3 is 0 Å². The second kappa shape index (κ2) is 46.4. The first-order valence-electron chi connectivity index (χ1n) is 28.1. The minimum absolute atomic E-state index is 0.137. The molecule has 1 fully saturated rings. The largest absolute Gasteiger partial charge is 0.394 e. The first kappa shape index (κ1) is 61.7. The van der Waals surface area contributed by atoms with Crippen LogP contribution >= 0.6 is 0 Å². The first-order valence-corrected chi connectivity index (χ1v) is 28.1. The van der Waals surface area contributed by atoms with Crippen molar-refractivity contribution in [3.8, 4) is 0 Å². The number of amides is 1. The molecule has 9 heteroatoms. The number of unbranched alkanes of at least 4 members (excludes halogenated alkanes) is 35. The minimum atomic E-state index is -1.55. The van der Waals surface area contributed by atoms with E-state index in [1.165, 1.54) is 199 Å². The van der Waals surface area contributed by atoms with Crippen LogP contribution in [0.1, 0.15) is 271 Å². The highest BCUT2D eigenvalue weighted by molar-refractivity contribution is 5.76. The number of hydrogen-bond acceptors (Lipinski definition) is 8. The van der Waals surface area contributed by atoms with E-state index in [0.717, 1.165) is 44.9 Å². The summed E-state index contributed by atoms with van der Waals surface area (Å²) >= 11 is 0. The maximum Gasteiger partial charge on any atom is 0.220 e. The molecule has 65 heavy (non-hydrogen) atoms. The third-order valence-corrected chi connectivity index (χ3v) is 13.6. The number of ether oxygens (including phenoxy) is 2. The molecule has 1 heterocycles. The van der Waals surface area contributed by atoms with Crippen LogP contribution in [0.15, 0.2) is 24.3 Å². The number of aliphatic hydroxyl groups is 5. The van der Waals surface area contributed by atoms with Gasteiger partial charge in [-0.1, -0.05) is 250 Å². The smallest absolute Gasteiger partial charge is 0.220 e. The summed E-state index contributed by atoms with van der Waals surface area (Å²) in [7, 11) is 0. The average Bonchev–Trinajstić information content (AvgIpc) is 3.31. The molecule has 0 aromatic heterocycles. The SMILES string of the molecule is CCCCC/C=C\C=C/CCCCCCCCCCCCC(=O)NC(COC1OC(CO)C(O)C(O)C1O)C(O)CCCCCCCCCCCCCCCCCCCCCCCCC. The lowest BCUT2D eigenvalue weighted by Crippen LogP contribution is -2.60. The normalized spacial score (nSPS) is 20.0. The molecule has 1 aliphatic heterocycles. The lowest BCUT2D eigenvalue weighted by Gasteiger charge is -2.40. The molecule has 9 nitrogen and oxygen atoms in total. The van der Waals surface area contributed by atoms with Gasteiger partial charge in [0.25, 0.3) is 0 Å². The summed E-state index contributed by atoms with van der Waals surface area (Å²) in [6.07, 6.45) is 50.5. The molecule has 0 spiro atoms. The highest BCUT2D eigenvalue weighted by atomic mass is 16.7. The van der Waals surface area contributed by atoms with Gasteiger partial charge in [0.15, 0.2) is 6.29 Å². The average molecular weight is 922 g/mol. The Kier molecular flexibility index (Phi) is 44.0. The molecule has 6 N–H and O–H groups in total. The first-order chi connectivity index (χ1) is 31.8. The Hall–Kier alpha value is -1.33. The molecule has 0 radical (unpaired) electrons. The van der Waals surface area contributed by atoms with Gasteiger partial charge in [0.1, 0.15) is 24.4 Å². The van der Waals surface area contributed by atoms with E-state index >= 15 is 0 Å². The molecule has 0 aromatic rings. The molecule has 384 valence electrons. The molecule has 0 saturated carbocycles. The van der Waals surface area contributed by atoms with E-state index in [4.69, 9.17) is 9.47 Å². The summed E-state index contributed by atoms with van der Waals surface area (Å²) in [6, 6.07) is -0.720. The van der Waals surface area contributed by atoms with Crippen LogP contribution in [-0.2, 0) is 14.3 Å². The van der Waals surface area contributed by atoms with Crippen LogP contribution in [0.3, 0.4) is 0 Å². The molecular weight excluding hydrogens is 815 g/mol. The van der Waals surface area contributed by atoms with Crippen LogP contribution in [0.25, 0.3) is 0 Å². The van der Waals surface area contributed by atoms with Crippen molar-refractivity contribution in [1.82, 2.24) is 5.32 Å². The highest BCUT2D eigenvalue weighted by Crippen LogP contribution is 2.23. The lowest BCUT2D eigenvalue weighted by molar-refractivity contribution is -0.302. The van der Waals surface area contributed by atoms with E-state index in [9.17, 15) is 30.3 Å². The van der Waals surface area contributed by atoms with Crippen LogP contribution in [-0.4, -0.2) is 87.5 Å². The van der Waals surface area contributed by atoms with Crippen molar-refractivity contribution >= 4 is 5.91 Å². The quantitative estimate of drug-likeness (QED) is 0.0261. The van der Waals surface area contributed by atoms with Crippen molar-refractivity contribution in [2.45, 2.75) is 314 Å². The summed E-state index contributed by atoms with van der Waals surface area (Å²) in [4.78, 5) is 13.1. The van der Waals surface area contributed by atoms with Gasteiger partial charge in [-0.05, 0) is 38.5 Å². The predicted octanol–water partition coefficient (Wildman–Crippen LogP) is 13.4. The Morgan fingerprint density at radius 2 is 0.892 bits per heavy atom. The third-order valence-electron chi connectivity index (χ3n) is 13.6. The topological polar surface area (TPSA) is 149 Å². The summed E-state index contributed by atoms with van der Waals surface area (Å²) in [5, 5.41) is 54.6. The number of nitrogens with one attached hydrogen (secondary N) is 1. The molecule has 7 atom stereocenters. The van der Waals surface area contributed by atoms with E-state index in [2.05, 4.69) is 43.5 Å². The fourth-order valence-electron chi connectivity index (χ4n) is 9.10. The van der Waals surface area contributed by atoms with E-state index in [-0.39, 0.29) is 12.5 Å². The van der Waals surface area contributed by atoms with Gasteiger partial charge in [0.05, 0.1) is 25.4 Å². The predicted molar refractivity (Wildman–Crippen MR) is 272 cm³/mol. The van der Waals surface area contributed by atoms with E-state index in [0.29, 0.717) is 12.8 Å². The fourth-order valence-corrected chi connectivity index (χ4v) is 9.10. The summed E-state index contributed by atoms with van der Waals surface area (Å²) < 4.78 is 11.3. The number of aliphatic hydroxyl groups excluding tert-OH is 5. The zero-order valence-electron chi connectivity index (χ0n) is 42.5. The fraction of sp³-hybridized carbons (Fsp3) is 0.911. The number of carbonyl (C=O) groups is 1. The number of allylic oxidation sites excluding steroid dienone is 4. The molecule has 1 amide bonds. The molecule has 0 bridgehead atoms. The third kappa shape index (κ3) is 36.3. The van der Waals surface area contributed by atoms with Crippen LogP contribution in [0.4, 0.5) is 0 Å². The summed E-state index contributed by atoms with van der Waals surface area (Å²) in [5.41, 5.74) is 0. The summed E-state index contributed by atoms with van der Waals surface area (Å²) in [6.45, 7) is 3.84. The van der Waals surface area contributed by atoms with Gasteiger partial charge in [-0.3, -0.25) is 4.79 Å². The van der Waals surface area contributed by atoms with Gasteiger partial charge in [0, 0.05) is 6.42 Å². The molecular formula is C56H107NO8. The van der Waals surface area contributed by atoms with Crippen LogP contribution < -0.4 is 5.32 Å². The van der Waals surface area contributed by atoms with E-state index in [1.807, 2.05) is 0 Å². The van der Waals surface area contributed by atoms with Crippen molar-refractivity contribution in [2.24, 2.45) is 0 Å². The number of carbonyl (C=O) groups excluding carboxylic acids is 1. The minimum Gasteiger partial charge on any atom is -0.394 e. The molecule has 1 saturated heterocycles. The maximum absolute atomic E-state index is 13.1. The van der Waals surface area contributed by atoms with Gasteiger partial charge < -0.3 is 40.3 Å².